The Bertz CT molecular complexity index is 1100. The third kappa shape index (κ3) is 4.54. The number of hydrogen-bond acceptors (Lipinski definition) is 7. The second-order valence-corrected chi connectivity index (χ2v) is 8.50. The molecule has 0 unspecified atom stereocenters. The van der Waals surface area contributed by atoms with Crippen molar-refractivity contribution < 1.29 is 18.7 Å². The smallest absolute Gasteiger partial charge is 0.246 e. The Morgan fingerprint density at radius 1 is 1.48 bits per heavy atom. The highest BCUT2D eigenvalue weighted by molar-refractivity contribution is 7.15. The summed E-state index contributed by atoms with van der Waals surface area (Å²) in [6.07, 6.45) is 2.77. The van der Waals surface area contributed by atoms with Crippen LogP contribution >= 0.6 is 11.3 Å². The van der Waals surface area contributed by atoms with Crippen LogP contribution in [0, 0.1) is 6.92 Å². The number of carbonyl (C=O) groups is 1. The summed E-state index contributed by atoms with van der Waals surface area (Å²) in [5.74, 6) is 0.541. The molecule has 0 saturated carbocycles. The lowest BCUT2D eigenvalue weighted by Gasteiger charge is -2.17. The number of fused-ring (bicyclic) bond motifs is 1. The van der Waals surface area contributed by atoms with E-state index in [2.05, 4.69) is 21.9 Å². The molecule has 10 heteroatoms. The summed E-state index contributed by atoms with van der Waals surface area (Å²) >= 11 is 1.51. The Hall–Kier alpha value is -2.98. The molecule has 3 aromatic rings. The number of anilines is 2. The van der Waals surface area contributed by atoms with Crippen LogP contribution in [0.2, 0.25) is 0 Å². The molecular weight excluding hydrogens is 421 g/mol. The Kier molecular flexibility index (Phi) is 6.19. The summed E-state index contributed by atoms with van der Waals surface area (Å²) in [7, 11) is 1.65. The molecule has 2 atom stereocenters. The van der Waals surface area contributed by atoms with Crippen LogP contribution in [0.25, 0.3) is 10.9 Å². The molecular formula is C21H24FN5O3S. The van der Waals surface area contributed by atoms with Gasteiger partial charge in [0.15, 0.2) is 17.4 Å². The van der Waals surface area contributed by atoms with Crippen LogP contribution in [-0.4, -0.2) is 64.4 Å². The van der Waals surface area contributed by atoms with Gasteiger partial charge in [-0.25, -0.2) is 9.37 Å². The molecule has 1 saturated heterocycles. The van der Waals surface area contributed by atoms with E-state index in [-0.39, 0.29) is 19.0 Å². The van der Waals surface area contributed by atoms with E-state index < -0.39 is 12.3 Å². The fraction of sp³-hybridized carbons (Fsp3) is 0.381. The molecule has 4 heterocycles. The van der Waals surface area contributed by atoms with Crippen LogP contribution in [0.5, 0.6) is 5.88 Å². The number of pyridine rings is 1. The van der Waals surface area contributed by atoms with Crippen molar-refractivity contribution in [3.8, 4) is 5.88 Å². The van der Waals surface area contributed by atoms with Crippen molar-refractivity contribution in [2.24, 2.45) is 0 Å². The molecule has 1 amide bonds. The van der Waals surface area contributed by atoms with Crippen LogP contribution < -0.4 is 10.1 Å². The number of hydrogen-bond donors (Lipinski definition) is 1. The van der Waals surface area contributed by atoms with Gasteiger partial charge in [-0.1, -0.05) is 6.58 Å². The topological polar surface area (TPSA) is 81.5 Å². The summed E-state index contributed by atoms with van der Waals surface area (Å²) in [5, 5.41) is 4.67. The largest absolute Gasteiger partial charge is 0.469 e. The predicted octanol–water partition coefficient (Wildman–Crippen LogP) is 3.30. The Morgan fingerprint density at radius 2 is 2.32 bits per heavy atom. The predicted molar refractivity (Wildman–Crippen MR) is 118 cm³/mol. The van der Waals surface area contributed by atoms with Gasteiger partial charge in [-0.3, -0.25) is 4.79 Å². The van der Waals surface area contributed by atoms with Gasteiger partial charge >= 0.3 is 0 Å². The van der Waals surface area contributed by atoms with Crippen LogP contribution in [0.4, 0.5) is 15.3 Å². The number of rotatable bonds is 8. The highest BCUT2D eigenvalue weighted by Gasteiger charge is 2.37. The summed E-state index contributed by atoms with van der Waals surface area (Å²) in [6, 6.07) is 3.79. The standard InChI is InChI=1S/C21H24FN5O3S/c1-4-19(28)27-11-15(22)17(12-27)30-20-14-5-6-26(7-8-29-3)16(14)9-18(24-20)25-21-23-10-13(2)31-21/h4-6,9-10,15,17H,1,7-8,11-12H2,2-3H3,(H,23,24,25)/t15-,17+/m0/s1. The number of aromatic nitrogens is 3. The molecule has 8 nitrogen and oxygen atoms in total. The van der Waals surface area contributed by atoms with Crippen molar-refractivity contribution in [3.05, 3.63) is 42.1 Å². The number of carbonyl (C=O) groups excluding carboxylic acids is 1. The monoisotopic (exact) mass is 445 g/mol. The SMILES string of the molecule is C=CC(=O)N1C[C@H](F)[C@H](Oc2nc(Nc3ncc(C)s3)cc3c2ccn3CCOC)C1. The minimum atomic E-state index is -1.31. The van der Waals surface area contributed by atoms with Crippen molar-refractivity contribution in [1.82, 2.24) is 19.4 Å². The molecule has 0 aliphatic carbocycles. The molecule has 4 rings (SSSR count). The molecule has 0 spiro atoms. The Labute approximate surface area is 183 Å². The molecule has 3 aromatic heterocycles. The van der Waals surface area contributed by atoms with Crippen molar-refractivity contribution in [3.63, 3.8) is 0 Å². The summed E-state index contributed by atoms with van der Waals surface area (Å²) in [6.45, 7) is 6.75. The average molecular weight is 446 g/mol. The summed E-state index contributed by atoms with van der Waals surface area (Å²) in [4.78, 5) is 23.2. The fourth-order valence-corrected chi connectivity index (χ4v) is 4.19. The second-order valence-electron chi connectivity index (χ2n) is 7.27. The number of nitrogens with one attached hydrogen (secondary N) is 1. The number of alkyl halides is 1. The first-order valence-corrected chi connectivity index (χ1v) is 10.7. The quantitative estimate of drug-likeness (QED) is 0.536. The Balaban J connectivity index is 1.66. The van der Waals surface area contributed by atoms with E-state index in [1.54, 1.807) is 13.3 Å². The zero-order valence-corrected chi connectivity index (χ0v) is 18.2. The van der Waals surface area contributed by atoms with E-state index in [0.717, 1.165) is 15.8 Å². The number of ether oxygens (including phenoxy) is 2. The molecule has 164 valence electrons. The fourth-order valence-electron chi connectivity index (χ4n) is 3.52. The molecule has 0 bridgehead atoms. The summed E-state index contributed by atoms with van der Waals surface area (Å²) < 4.78 is 27.9. The van der Waals surface area contributed by atoms with Gasteiger partial charge in [-0.05, 0) is 19.1 Å². The zero-order chi connectivity index (χ0) is 22.0. The van der Waals surface area contributed by atoms with Crippen LogP contribution in [0.15, 0.2) is 37.2 Å². The number of amides is 1. The number of aryl methyl sites for hydroxylation is 1. The molecule has 1 aliphatic rings. The van der Waals surface area contributed by atoms with E-state index in [4.69, 9.17) is 9.47 Å². The number of thiazole rings is 1. The molecule has 1 N–H and O–H groups in total. The molecule has 31 heavy (non-hydrogen) atoms. The van der Waals surface area contributed by atoms with E-state index >= 15 is 0 Å². The van der Waals surface area contributed by atoms with Gasteiger partial charge in [0.1, 0.15) is 5.82 Å². The lowest BCUT2D eigenvalue weighted by atomic mass is 10.2. The van der Waals surface area contributed by atoms with Gasteiger partial charge in [0, 0.05) is 37.0 Å². The maximum absolute atomic E-state index is 14.6. The van der Waals surface area contributed by atoms with Crippen molar-refractivity contribution >= 4 is 39.1 Å². The van der Waals surface area contributed by atoms with Crippen LogP contribution in [0.3, 0.4) is 0 Å². The maximum Gasteiger partial charge on any atom is 0.246 e. The van der Waals surface area contributed by atoms with Gasteiger partial charge in [-0.2, -0.15) is 4.98 Å². The maximum atomic E-state index is 14.6. The van der Waals surface area contributed by atoms with Gasteiger partial charge in [0.2, 0.25) is 11.8 Å². The van der Waals surface area contributed by atoms with Gasteiger partial charge < -0.3 is 24.3 Å². The second kappa shape index (κ2) is 9.03. The highest BCUT2D eigenvalue weighted by atomic mass is 32.1. The molecule has 0 radical (unpaired) electrons. The minimum Gasteiger partial charge on any atom is -0.469 e. The number of halogens is 1. The van der Waals surface area contributed by atoms with Gasteiger partial charge in [0.05, 0.1) is 30.6 Å². The van der Waals surface area contributed by atoms with E-state index in [9.17, 15) is 9.18 Å². The summed E-state index contributed by atoms with van der Waals surface area (Å²) in [5.41, 5.74) is 0.880. The lowest BCUT2D eigenvalue weighted by Crippen LogP contribution is -2.30. The van der Waals surface area contributed by atoms with Crippen molar-refractivity contribution in [2.45, 2.75) is 25.7 Å². The van der Waals surface area contributed by atoms with Gasteiger partial charge in [0.25, 0.3) is 0 Å². The third-order valence-corrected chi connectivity index (χ3v) is 5.90. The lowest BCUT2D eigenvalue weighted by molar-refractivity contribution is -0.125. The van der Waals surface area contributed by atoms with E-state index in [1.807, 2.05) is 29.8 Å². The molecule has 0 aromatic carbocycles. The molecule has 1 aliphatic heterocycles. The Morgan fingerprint density at radius 3 is 3.03 bits per heavy atom. The first kappa shape index (κ1) is 21.3. The normalized spacial score (nSPS) is 18.5. The van der Waals surface area contributed by atoms with Crippen LogP contribution in [0.1, 0.15) is 4.88 Å². The average Bonchev–Trinajstić information content (AvgIpc) is 3.45. The first-order valence-electron chi connectivity index (χ1n) is 9.89. The zero-order valence-electron chi connectivity index (χ0n) is 17.4. The first-order chi connectivity index (χ1) is 15.0. The van der Waals surface area contributed by atoms with Crippen molar-refractivity contribution in [1.29, 1.82) is 0 Å². The number of nitrogens with zero attached hydrogens (tertiary/aromatic N) is 4. The van der Waals surface area contributed by atoms with Crippen molar-refractivity contribution in [2.75, 3.05) is 32.1 Å². The van der Waals surface area contributed by atoms with E-state index in [1.165, 1.54) is 22.3 Å². The number of likely N-dealkylation sites (tertiary alicyclic amines) is 1. The van der Waals surface area contributed by atoms with E-state index in [0.29, 0.717) is 30.0 Å². The van der Waals surface area contributed by atoms with Gasteiger partial charge in [-0.15, -0.1) is 11.3 Å². The van der Waals surface area contributed by atoms with Crippen LogP contribution in [-0.2, 0) is 16.1 Å². The minimum absolute atomic E-state index is 0.0240. The number of methoxy groups -OCH3 is 1. The molecule has 1 fully saturated rings. The third-order valence-electron chi connectivity index (χ3n) is 5.07. The highest BCUT2D eigenvalue weighted by Crippen LogP contribution is 2.32.